The van der Waals surface area contributed by atoms with Gasteiger partial charge in [-0.05, 0) is 38.1 Å². The highest BCUT2D eigenvalue weighted by atomic mass is 32.2. The van der Waals surface area contributed by atoms with Crippen molar-refractivity contribution in [3.8, 4) is 5.75 Å². The van der Waals surface area contributed by atoms with Crippen molar-refractivity contribution in [2.24, 2.45) is 0 Å². The number of hydrogen-bond acceptors (Lipinski definition) is 3. The third-order valence-electron chi connectivity index (χ3n) is 2.87. The van der Waals surface area contributed by atoms with Crippen LogP contribution in [0.2, 0.25) is 0 Å². The molecule has 0 radical (unpaired) electrons. The van der Waals surface area contributed by atoms with Gasteiger partial charge in [-0.25, -0.2) is 0 Å². The maximum atomic E-state index is 12.3. The van der Waals surface area contributed by atoms with Gasteiger partial charge in [-0.2, -0.15) is 0 Å². The maximum absolute atomic E-state index is 12.3. The number of para-hydroxylation sites is 2. The van der Waals surface area contributed by atoms with Crippen LogP contribution in [0.25, 0.3) is 0 Å². The fourth-order valence-electron chi connectivity index (χ4n) is 1.84. The maximum Gasteiger partial charge on any atom is 0.237 e. The number of ether oxygens (including phenoxy) is 1. The number of carbonyl (C=O) groups is 1. The zero-order chi connectivity index (χ0) is 15.1. The van der Waals surface area contributed by atoms with Crippen LogP contribution >= 0.6 is 11.8 Å². The smallest absolute Gasteiger partial charge is 0.237 e. The molecule has 4 heteroatoms. The molecule has 0 aromatic heterocycles. The van der Waals surface area contributed by atoms with Crippen molar-refractivity contribution in [3.05, 3.63) is 54.6 Å². The highest BCUT2D eigenvalue weighted by Crippen LogP contribution is 2.27. The van der Waals surface area contributed by atoms with Gasteiger partial charge in [0, 0.05) is 4.90 Å². The lowest BCUT2D eigenvalue weighted by Gasteiger charge is -2.14. The van der Waals surface area contributed by atoms with E-state index in [1.165, 1.54) is 11.8 Å². The lowest BCUT2D eigenvalue weighted by molar-refractivity contribution is -0.115. The summed E-state index contributed by atoms with van der Waals surface area (Å²) in [7, 11) is 0. The van der Waals surface area contributed by atoms with Crippen molar-refractivity contribution in [3.63, 3.8) is 0 Å². The monoisotopic (exact) mass is 301 g/mol. The molecule has 2 aromatic rings. The van der Waals surface area contributed by atoms with E-state index in [4.69, 9.17) is 4.74 Å². The Morgan fingerprint density at radius 3 is 2.52 bits per heavy atom. The molecule has 0 fully saturated rings. The quantitative estimate of drug-likeness (QED) is 0.812. The van der Waals surface area contributed by atoms with Crippen LogP contribution in [0, 0.1) is 0 Å². The molecule has 0 aliphatic carbocycles. The van der Waals surface area contributed by atoms with Crippen molar-refractivity contribution in [2.45, 2.75) is 24.0 Å². The fourth-order valence-corrected chi connectivity index (χ4v) is 2.73. The summed E-state index contributed by atoms with van der Waals surface area (Å²) in [5.41, 5.74) is 0.713. The van der Waals surface area contributed by atoms with Crippen LogP contribution in [0.3, 0.4) is 0 Å². The summed E-state index contributed by atoms with van der Waals surface area (Å²) >= 11 is 1.54. The molecule has 21 heavy (non-hydrogen) atoms. The minimum atomic E-state index is -0.179. The lowest BCUT2D eigenvalue weighted by atomic mass is 10.3. The van der Waals surface area contributed by atoms with Gasteiger partial charge in [0.1, 0.15) is 5.75 Å². The van der Waals surface area contributed by atoms with Crippen LogP contribution in [-0.2, 0) is 4.79 Å². The molecule has 110 valence electrons. The third kappa shape index (κ3) is 4.53. The van der Waals surface area contributed by atoms with Crippen molar-refractivity contribution < 1.29 is 9.53 Å². The Bertz CT molecular complexity index is 586. The van der Waals surface area contributed by atoms with E-state index in [2.05, 4.69) is 5.32 Å². The van der Waals surface area contributed by atoms with Crippen LogP contribution < -0.4 is 10.1 Å². The summed E-state index contributed by atoms with van der Waals surface area (Å²) in [6.45, 7) is 4.39. The lowest BCUT2D eigenvalue weighted by Crippen LogP contribution is -2.22. The molecule has 2 aromatic carbocycles. The highest BCUT2D eigenvalue weighted by molar-refractivity contribution is 8.00. The molecule has 0 saturated heterocycles. The number of thioether (sulfide) groups is 1. The molecule has 1 atom stereocenters. The molecule has 0 saturated carbocycles. The predicted octanol–water partition coefficient (Wildman–Crippen LogP) is 4.20. The molecule has 0 bridgehead atoms. The molecule has 1 unspecified atom stereocenters. The molecule has 2 rings (SSSR count). The summed E-state index contributed by atoms with van der Waals surface area (Å²) < 4.78 is 5.51. The van der Waals surface area contributed by atoms with Crippen molar-refractivity contribution in [2.75, 3.05) is 11.9 Å². The normalized spacial score (nSPS) is 11.7. The zero-order valence-corrected chi connectivity index (χ0v) is 13.0. The van der Waals surface area contributed by atoms with Crippen molar-refractivity contribution in [1.29, 1.82) is 0 Å². The summed E-state index contributed by atoms with van der Waals surface area (Å²) in [5.74, 6) is 0.668. The fraction of sp³-hybridized carbons (Fsp3) is 0.235. The van der Waals surface area contributed by atoms with E-state index < -0.39 is 0 Å². The Kier molecular flexibility index (Phi) is 5.69. The second kappa shape index (κ2) is 7.74. The van der Waals surface area contributed by atoms with Gasteiger partial charge < -0.3 is 10.1 Å². The van der Waals surface area contributed by atoms with Gasteiger partial charge in [-0.1, -0.05) is 30.3 Å². The van der Waals surface area contributed by atoms with Crippen molar-refractivity contribution >= 4 is 23.4 Å². The second-order valence-corrected chi connectivity index (χ2v) is 5.91. The topological polar surface area (TPSA) is 38.3 Å². The zero-order valence-electron chi connectivity index (χ0n) is 12.2. The van der Waals surface area contributed by atoms with Gasteiger partial charge in [0.05, 0.1) is 17.5 Å². The first kappa shape index (κ1) is 15.4. The van der Waals surface area contributed by atoms with Gasteiger partial charge in [0.25, 0.3) is 0 Å². The van der Waals surface area contributed by atoms with Gasteiger partial charge >= 0.3 is 0 Å². The van der Waals surface area contributed by atoms with Gasteiger partial charge in [-0.3, -0.25) is 4.79 Å². The van der Waals surface area contributed by atoms with E-state index in [1.807, 2.05) is 68.4 Å². The predicted molar refractivity (Wildman–Crippen MR) is 88.0 cm³/mol. The molecule has 0 heterocycles. The van der Waals surface area contributed by atoms with Crippen LogP contribution in [0.5, 0.6) is 5.75 Å². The molecule has 0 spiro atoms. The number of anilines is 1. The third-order valence-corrected chi connectivity index (χ3v) is 3.98. The molecule has 1 N–H and O–H groups in total. The van der Waals surface area contributed by atoms with Crippen molar-refractivity contribution in [1.82, 2.24) is 0 Å². The van der Waals surface area contributed by atoms with Crippen LogP contribution in [0.4, 0.5) is 5.69 Å². The van der Waals surface area contributed by atoms with E-state index in [-0.39, 0.29) is 11.2 Å². The number of benzene rings is 2. The molecule has 0 aliphatic rings. The standard InChI is InChI=1S/C17H19NO2S/c1-3-20-16-12-8-7-11-15(16)18-17(19)13(2)21-14-9-5-4-6-10-14/h4-13H,3H2,1-2H3,(H,18,19). The summed E-state index contributed by atoms with van der Waals surface area (Å²) in [6.07, 6.45) is 0. The first-order chi connectivity index (χ1) is 10.2. The summed E-state index contributed by atoms with van der Waals surface area (Å²) in [5, 5.41) is 2.75. The molecular formula is C17H19NO2S. The summed E-state index contributed by atoms with van der Waals surface area (Å²) in [4.78, 5) is 13.4. The SMILES string of the molecule is CCOc1ccccc1NC(=O)C(C)Sc1ccccc1. The minimum Gasteiger partial charge on any atom is -0.492 e. The average molecular weight is 301 g/mol. The second-order valence-electron chi connectivity index (χ2n) is 4.49. The Morgan fingerprint density at radius 2 is 1.81 bits per heavy atom. The van der Waals surface area contributed by atoms with Gasteiger partial charge in [0.15, 0.2) is 0 Å². The van der Waals surface area contributed by atoms with E-state index in [9.17, 15) is 4.79 Å². The number of nitrogens with one attached hydrogen (secondary N) is 1. The van der Waals surface area contributed by atoms with E-state index in [0.717, 1.165) is 4.90 Å². The molecule has 0 aliphatic heterocycles. The molecule has 1 amide bonds. The van der Waals surface area contributed by atoms with E-state index in [0.29, 0.717) is 18.0 Å². The Morgan fingerprint density at radius 1 is 1.14 bits per heavy atom. The van der Waals surface area contributed by atoms with E-state index >= 15 is 0 Å². The number of hydrogen-bond donors (Lipinski definition) is 1. The molecule has 3 nitrogen and oxygen atoms in total. The highest BCUT2D eigenvalue weighted by Gasteiger charge is 2.16. The largest absolute Gasteiger partial charge is 0.492 e. The average Bonchev–Trinajstić information content (AvgIpc) is 2.50. The van der Waals surface area contributed by atoms with Crippen LogP contribution in [-0.4, -0.2) is 17.8 Å². The first-order valence-electron chi connectivity index (χ1n) is 6.95. The van der Waals surface area contributed by atoms with Crippen LogP contribution in [0.1, 0.15) is 13.8 Å². The number of carbonyl (C=O) groups excluding carboxylic acids is 1. The van der Waals surface area contributed by atoms with E-state index in [1.54, 1.807) is 0 Å². The Labute approximate surface area is 129 Å². The van der Waals surface area contributed by atoms with Gasteiger partial charge in [-0.15, -0.1) is 11.8 Å². The first-order valence-corrected chi connectivity index (χ1v) is 7.83. The number of amides is 1. The Balaban J connectivity index is 2.01. The Hall–Kier alpha value is -1.94. The molecular weight excluding hydrogens is 282 g/mol. The van der Waals surface area contributed by atoms with Gasteiger partial charge in [0.2, 0.25) is 5.91 Å². The summed E-state index contributed by atoms with van der Waals surface area (Å²) in [6, 6.07) is 17.4. The minimum absolute atomic E-state index is 0.0315. The number of rotatable bonds is 6. The van der Waals surface area contributed by atoms with Crippen LogP contribution in [0.15, 0.2) is 59.5 Å².